The molecule has 1 heterocycles. The average molecular weight is 516 g/mol. The fourth-order valence-corrected chi connectivity index (χ4v) is 3.71. The minimum Gasteiger partial charge on any atom is -0.466 e. The Morgan fingerprint density at radius 3 is 2.40 bits per heavy atom. The zero-order chi connectivity index (χ0) is 26.5. The number of carbonyl (C=O) groups excluding carboxylic acids is 5. The van der Waals surface area contributed by atoms with Crippen LogP contribution in [0.15, 0.2) is 12.2 Å². The van der Waals surface area contributed by atoms with E-state index in [4.69, 9.17) is 9.47 Å². The number of amides is 3. The normalized spacial score (nSPS) is 21.2. The molecule has 0 spiro atoms. The zero-order valence-electron chi connectivity index (χ0n) is 21.1. The van der Waals surface area contributed by atoms with Gasteiger partial charge in [-0.3, -0.25) is 19.2 Å². The summed E-state index contributed by atoms with van der Waals surface area (Å²) >= 11 is 0.959. The van der Waals surface area contributed by atoms with Gasteiger partial charge >= 0.3 is 5.97 Å². The molecule has 12 heteroatoms. The third kappa shape index (κ3) is 12.2. The van der Waals surface area contributed by atoms with Gasteiger partial charge in [-0.2, -0.15) is 0 Å². The highest BCUT2D eigenvalue weighted by atomic mass is 32.2. The summed E-state index contributed by atoms with van der Waals surface area (Å²) in [6.07, 6.45) is 2.61. The van der Waals surface area contributed by atoms with Crippen LogP contribution in [0.2, 0.25) is 0 Å². The van der Waals surface area contributed by atoms with Crippen molar-refractivity contribution in [2.45, 2.75) is 58.8 Å². The van der Waals surface area contributed by atoms with Crippen molar-refractivity contribution in [1.82, 2.24) is 16.0 Å². The number of rotatable bonds is 13. The van der Waals surface area contributed by atoms with Crippen molar-refractivity contribution in [2.75, 3.05) is 39.1 Å². The number of thioether (sulfide) groups is 1. The second-order valence-corrected chi connectivity index (χ2v) is 10.0. The van der Waals surface area contributed by atoms with Gasteiger partial charge in [-0.15, -0.1) is 0 Å². The van der Waals surface area contributed by atoms with Crippen LogP contribution >= 0.6 is 11.8 Å². The number of hydrogen-bond donors (Lipinski definition) is 3. The third-order valence-electron chi connectivity index (χ3n) is 5.12. The first-order chi connectivity index (χ1) is 16.4. The molecule has 1 aliphatic rings. The van der Waals surface area contributed by atoms with Gasteiger partial charge in [0.25, 0.3) is 0 Å². The zero-order valence-corrected chi connectivity index (χ0v) is 21.9. The van der Waals surface area contributed by atoms with Crippen molar-refractivity contribution in [3.05, 3.63) is 12.2 Å². The van der Waals surface area contributed by atoms with Gasteiger partial charge in [0, 0.05) is 56.6 Å². The lowest BCUT2D eigenvalue weighted by molar-refractivity contribution is -0.315. The van der Waals surface area contributed by atoms with E-state index >= 15 is 0 Å². The number of ether oxygens (including phenoxy) is 3. The summed E-state index contributed by atoms with van der Waals surface area (Å²) in [7, 11) is 1.22. The van der Waals surface area contributed by atoms with Gasteiger partial charge in [0.15, 0.2) is 5.79 Å². The predicted molar refractivity (Wildman–Crippen MR) is 130 cm³/mol. The molecule has 0 aliphatic carbocycles. The topological polar surface area (TPSA) is 149 Å². The highest BCUT2D eigenvalue weighted by Gasteiger charge is 2.47. The average Bonchev–Trinajstić information content (AvgIpc) is 2.79. The Kier molecular flexibility index (Phi) is 13.0. The van der Waals surface area contributed by atoms with E-state index in [9.17, 15) is 24.0 Å². The number of carbonyl (C=O) groups is 5. The van der Waals surface area contributed by atoms with Crippen LogP contribution in [0.4, 0.5) is 0 Å². The van der Waals surface area contributed by atoms with E-state index in [-0.39, 0.29) is 42.3 Å². The first-order valence-electron chi connectivity index (χ1n) is 11.4. The van der Waals surface area contributed by atoms with Crippen LogP contribution in [-0.4, -0.2) is 79.8 Å². The van der Waals surface area contributed by atoms with Crippen molar-refractivity contribution >= 4 is 40.6 Å². The maximum Gasteiger partial charge on any atom is 0.330 e. The number of methoxy groups -OCH3 is 1. The molecule has 35 heavy (non-hydrogen) atoms. The Bertz CT molecular complexity index is 802. The summed E-state index contributed by atoms with van der Waals surface area (Å²) < 4.78 is 16.3. The minimum absolute atomic E-state index is 0.0736. The Balaban J connectivity index is 2.37. The second-order valence-electron chi connectivity index (χ2n) is 8.91. The maximum absolute atomic E-state index is 12.8. The maximum atomic E-state index is 12.8. The largest absolute Gasteiger partial charge is 0.466 e. The molecular formula is C23H37N3O8S. The van der Waals surface area contributed by atoms with Crippen LogP contribution in [0.3, 0.4) is 0 Å². The van der Waals surface area contributed by atoms with Crippen LogP contribution in [-0.2, 0) is 38.2 Å². The molecular weight excluding hydrogens is 478 g/mol. The summed E-state index contributed by atoms with van der Waals surface area (Å²) in [6.45, 7) is 8.19. The molecule has 0 aromatic heterocycles. The summed E-state index contributed by atoms with van der Waals surface area (Å²) in [5.41, 5.74) is -0.560. The number of hydrogen-bond acceptors (Lipinski definition) is 9. The van der Waals surface area contributed by atoms with Crippen LogP contribution in [0, 0.1) is 5.41 Å². The Labute approximate surface area is 210 Å². The summed E-state index contributed by atoms with van der Waals surface area (Å²) in [6, 6.07) is 0. The van der Waals surface area contributed by atoms with Crippen molar-refractivity contribution in [2.24, 2.45) is 5.41 Å². The SMILES string of the molecule is COC(=O)/C=C/C(=O)SCCNC(=O)CCNC(=O)[C@@H]1OC(C)(CCCNC(C)=O)OCC1(C)C. The van der Waals surface area contributed by atoms with E-state index in [0.29, 0.717) is 31.7 Å². The third-order valence-corrected chi connectivity index (χ3v) is 5.95. The first-order valence-corrected chi connectivity index (χ1v) is 12.4. The standard InChI is InChI=1S/C23H37N3O8S/c1-16(27)24-11-6-10-23(4)33-15-22(2,3)20(34-23)21(31)26-12-9-17(28)25-13-14-35-19(30)8-7-18(29)32-5/h7-8,20H,6,9-15H2,1-5H3,(H,24,27)(H,25,28)(H,26,31)/b8-7+/t20-,23?/m0/s1. The van der Waals surface area contributed by atoms with Crippen LogP contribution in [0.5, 0.6) is 0 Å². The van der Waals surface area contributed by atoms with Crippen molar-refractivity contribution < 1.29 is 38.2 Å². The molecule has 1 unspecified atom stereocenters. The predicted octanol–water partition coefficient (Wildman–Crippen LogP) is 0.672. The second kappa shape index (κ2) is 14.8. The van der Waals surface area contributed by atoms with E-state index in [0.717, 1.165) is 23.9 Å². The fourth-order valence-electron chi connectivity index (χ4n) is 3.15. The lowest BCUT2D eigenvalue weighted by Gasteiger charge is -2.46. The van der Waals surface area contributed by atoms with E-state index in [1.165, 1.54) is 14.0 Å². The van der Waals surface area contributed by atoms with Crippen LogP contribution in [0.25, 0.3) is 0 Å². The summed E-state index contributed by atoms with van der Waals surface area (Å²) in [5.74, 6) is -1.92. The molecule has 0 bridgehead atoms. The van der Waals surface area contributed by atoms with Gasteiger partial charge in [0.2, 0.25) is 22.8 Å². The molecule has 1 aliphatic heterocycles. The summed E-state index contributed by atoms with van der Waals surface area (Å²) in [5, 5.41) is 7.82. The summed E-state index contributed by atoms with van der Waals surface area (Å²) in [4.78, 5) is 58.4. The quantitative estimate of drug-likeness (QED) is 0.183. The smallest absolute Gasteiger partial charge is 0.330 e. The molecule has 3 N–H and O–H groups in total. The molecule has 1 rings (SSSR count). The van der Waals surface area contributed by atoms with Crippen molar-refractivity contribution in [1.29, 1.82) is 0 Å². The molecule has 1 saturated heterocycles. The minimum atomic E-state index is -0.950. The Morgan fingerprint density at radius 1 is 1.03 bits per heavy atom. The number of nitrogens with one attached hydrogen (secondary N) is 3. The molecule has 11 nitrogen and oxygen atoms in total. The van der Waals surface area contributed by atoms with E-state index < -0.39 is 23.3 Å². The lowest BCUT2D eigenvalue weighted by atomic mass is 9.85. The molecule has 2 atom stereocenters. The highest BCUT2D eigenvalue weighted by Crippen LogP contribution is 2.37. The molecule has 1 fully saturated rings. The molecule has 0 radical (unpaired) electrons. The lowest BCUT2D eigenvalue weighted by Crippen LogP contribution is -2.57. The van der Waals surface area contributed by atoms with Crippen LogP contribution in [0.1, 0.15) is 47.0 Å². The Hall–Kier alpha value is -2.44. The van der Waals surface area contributed by atoms with Gasteiger partial charge in [-0.1, -0.05) is 25.6 Å². The van der Waals surface area contributed by atoms with E-state index in [1.54, 1.807) is 6.92 Å². The Morgan fingerprint density at radius 2 is 1.74 bits per heavy atom. The molecule has 3 amide bonds. The molecule has 0 saturated carbocycles. The van der Waals surface area contributed by atoms with E-state index in [2.05, 4.69) is 20.7 Å². The monoisotopic (exact) mass is 515 g/mol. The highest BCUT2D eigenvalue weighted by molar-refractivity contribution is 8.14. The molecule has 198 valence electrons. The van der Waals surface area contributed by atoms with Crippen molar-refractivity contribution in [3.63, 3.8) is 0 Å². The van der Waals surface area contributed by atoms with Gasteiger partial charge in [-0.25, -0.2) is 4.79 Å². The number of esters is 1. The van der Waals surface area contributed by atoms with Crippen molar-refractivity contribution in [3.8, 4) is 0 Å². The molecule has 0 aromatic rings. The fraction of sp³-hybridized carbons (Fsp3) is 0.696. The first kappa shape index (κ1) is 30.6. The van der Waals surface area contributed by atoms with Gasteiger partial charge in [-0.05, 0) is 19.4 Å². The van der Waals surface area contributed by atoms with Gasteiger partial charge in [0.1, 0.15) is 6.10 Å². The van der Waals surface area contributed by atoms with Gasteiger partial charge in [0.05, 0.1) is 13.7 Å². The molecule has 0 aromatic carbocycles. The van der Waals surface area contributed by atoms with E-state index in [1.807, 2.05) is 13.8 Å². The van der Waals surface area contributed by atoms with Gasteiger partial charge < -0.3 is 30.2 Å². The van der Waals surface area contributed by atoms with Crippen LogP contribution < -0.4 is 16.0 Å².